The summed E-state index contributed by atoms with van der Waals surface area (Å²) in [6.07, 6.45) is 0. The van der Waals surface area contributed by atoms with Gasteiger partial charge in [-0.1, -0.05) is 0 Å². The molecule has 3 heteroatoms. The highest BCUT2D eigenvalue weighted by Gasteiger charge is 1.82. The van der Waals surface area contributed by atoms with Crippen LogP contribution in [0.25, 0.3) is 0 Å². The van der Waals surface area contributed by atoms with Crippen LogP contribution in [-0.4, -0.2) is 20.7 Å². The Morgan fingerprint density at radius 1 is 2.00 bits per heavy atom. The largest absolute Gasteiger partial charge is 0.466 e. The lowest BCUT2D eigenvalue weighted by molar-refractivity contribution is 0.647. The van der Waals surface area contributed by atoms with Crippen LogP contribution in [0, 0.1) is 0 Å². The van der Waals surface area contributed by atoms with Gasteiger partial charge in [-0.05, 0) is 13.1 Å². The second-order valence-corrected chi connectivity index (χ2v) is 4.56. The highest BCUT2D eigenvalue weighted by molar-refractivity contribution is 6.52. The fourth-order valence-electron chi connectivity index (χ4n) is 0. The van der Waals surface area contributed by atoms with Crippen molar-refractivity contribution in [1.82, 2.24) is 0 Å². The van der Waals surface area contributed by atoms with Crippen molar-refractivity contribution in [3.05, 3.63) is 0 Å². The van der Waals surface area contributed by atoms with Crippen molar-refractivity contribution in [2.75, 3.05) is 0 Å². The van der Waals surface area contributed by atoms with Gasteiger partial charge in [-0.25, -0.2) is 0 Å². The molecule has 0 aliphatic heterocycles. The van der Waals surface area contributed by atoms with E-state index in [4.69, 9.17) is 5.35 Å². The number of rotatable bonds is 1. The summed E-state index contributed by atoms with van der Waals surface area (Å²) in [5.41, 5.74) is 0. The van der Waals surface area contributed by atoms with Crippen LogP contribution in [0.15, 0.2) is 0 Å². The van der Waals surface area contributed by atoms with E-state index in [1.165, 1.54) is 0 Å². The van der Waals surface area contributed by atoms with Gasteiger partial charge < -0.3 is 4.12 Å². The summed E-state index contributed by atoms with van der Waals surface area (Å²) >= 11 is 0. The highest BCUT2D eigenvalue weighted by atomic mass is 28.3. The summed E-state index contributed by atoms with van der Waals surface area (Å²) in [5, 5.41) is 0. The zero-order valence-corrected chi connectivity index (χ0v) is 6.91. The minimum absolute atomic E-state index is 0.722. The Hall–Kier alpha value is 0.394. The maximum Gasteiger partial charge on any atom is 0.156 e. The SMILES string of the molecule is [3H][Si](C)(C)O[SiH3]. The highest BCUT2D eigenvalue weighted by Crippen LogP contribution is 1.72. The van der Waals surface area contributed by atoms with Crippen LogP contribution in [0.5, 0.6) is 0 Å². The molecule has 0 aromatic rings. The van der Waals surface area contributed by atoms with Crippen LogP contribution < -0.4 is 0 Å². The Labute approximate surface area is 38.8 Å². The smallest absolute Gasteiger partial charge is 0.156 e. The van der Waals surface area contributed by atoms with E-state index in [1.54, 1.807) is 0 Å². The Morgan fingerprint density at radius 3 is 2.20 bits per heavy atom. The first kappa shape index (κ1) is 3.58. The van der Waals surface area contributed by atoms with Crippen LogP contribution in [-0.2, 0) is 4.12 Å². The second-order valence-electron chi connectivity index (χ2n) is 1.11. The number of hydrogen-bond acceptors (Lipinski definition) is 1. The van der Waals surface area contributed by atoms with Gasteiger partial charge in [-0.15, -0.1) is 0 Å². The van der Waals surface area contributed by atoms with Crippen LogP contribution in [0.3, 0.4) is 0 Å². The van der Waals surface area contributed by atoms with E-state index < -0.39 is 8.97 Å². The van der Waals surface area contributed by atoms with Gasteiger partial charge in [-0.3, -0.25) is 0 Å². The van der Waals surface area contributed by atoms with E-state index >= 15 is 0 Å². The first-order chi connectivity index (χ1) is 2.56. The monoisotopic (exact) mass is 108 g/mol. The molecule has 0 aliphatic rings. The van der Waals surface area contributed by atoms with E-state index in [2.05, 4.69) is 0 Å². The van der Waals surface area contributed by atoms with Gasteiger partial charge in [0, 0.05) is 1.23 Å². The van der Waals surface area contributed by atoms with Crippen molar-refractivity contribution in [1.29, 1.82) is 1.23 Å². The predicted octanol–water partition coefficient (Wildman–Crippen LogP) is -0.733. The Kier molecular flexibility index (Phi) is 1.88. The summed E-state index contributed by atoms with van der Waals surface area (Å²) < 4.78 is 12.0. The van der Waals surface area contributed by atoms with Crippen molar-refractivity contribution in [3.63, 3.8) is 0 Å². The fraction of sp³-hybridized carbons (Fsp3) is 1.00. The lowest BCUT2D eigenvalue weighted by Gasteiger charge is -1.93. The molecule has 0 N–H and O–H groups in total. The van der Waals surface area contributed by atoms with Crippen LogP contribution in [0.4, 0.5) is 0 Å². The molecule has 0 unspecified atom stereocenters. The third-order valence-corrected chi connectivity index (χ3v) is 3.67. The molecule has 0 aliphatic carbocycles. The Bertz CT molecular complexity index is 41.3. The topological polar surface area (TPSA) is 9.23 Å². The Balaban J connectivity index is 3.17. The van der Waals surface area contributed by atoms with Crippen molar-refractivity contribution < 1.29 is 4.12 Å². The van der Waals surface area contributed by atoms with Crippen LogP contribution >= 0.6 is 0 Å². The first-order valence-electron chi connectivity index (χ1n) is 2.11. The molecule has 0 spiro atoms. The molecule has 0 aromatic carbocycles. The average molecular weight is 108 g/mol. The molecule has 0 rings (SSSR count). The molecular weight excluding hydrogens is 96.2 g/mol. The van der Waals surface area contributed by atoms with E-state index in [0.717, 1.165) is 10.5 Å². The molecule has 1 nitrogen and oxygen atoms in total. The minimum Gasteiger partial charge on any atom is -0.466 e. The zero-order chi connectivity index (χ0) is 5.21. The summed E-state index contributed by atoms with van der Waals surface area (Å²) in [7, 11) is -1.10. The normalized spacial score (nSPS) is 15.2. The van der Waals surface area contributed by atoms with Crippen molar-refractivity contribution in [2.45, 2.75) is 13.1 Å². The summed E-state index contributed by atoms with van der Waals surface area (Å²) in [6, 6.07) is 0. The van der Waals surface area contributed by atoms with E-state index in [0.29, 0.717) is 0 Å². The summed E-state index contributed by atoms with van der Waals surface area (Å²) in [5.74, 6) is 0. The van der Waals surface area contributed by atoms with Gasteiger partial charge in [0.25, 0.3) is 0 Å². The number of hydrogen-bond donors (Lipinski definition) is 0. The molecule has 0 heterocycles. The summed E-state index contributed by atoms with van der Waals surface area (Å²) in [6.45, 7) is 3.72. The van der Waals surface area contributed by atoms with Gasteiger partial charge in [0.15, 0.2) is 8.97 Å². The lowest BCUT2D eigenvalue weighted by Crippen LogP contribution is -2.02. The van der Waals surface area contributed by atoms with Crippen LogP contribution in [0.1, 0.15) is 0 Å². The maximum absolute atomic E-state index is 7.13. The molecule has 0 radical (unpaired) electrons. The van der Waals surface area contributed by atoms with Gasteiger partial charge in [0.2, 0.25) is 0 Å². The van der Waals surface area contributed by atoms with Crippen molar-refractivity contribution in [2.24, 2.45) is 0 Å². The van der Waals surface area contributed by atoms with Crippen molar-refractivity contribution >= 4 is 19.5 Å². The van der Waals surface area contributed by atoms with Gasteiger partial charge in [0.05, 0.1) is 0 Å². The van der Waals surface area contributed by atoms with E-state index in [-0.39, 0.29) is 0 Å². The Morgan fingerprint density at radius 2 is 2.20 bits per heavy atom. The van der Waals surface area contributed by atoms with Gasteiger partial charge >= 0.3 is 0 Å². The summed E-state index contributed by atoms with van der Waals surface area (Å²) in [4.78, 5) is 0. The molecule has 0 amide bonds. The third kappa shape index (κ3) is 4.39. The molecule has 32 valence electrons. The van der Waals surface area contributed by atoms with Crippen molar-refractivity contribution in [3.8, 4) is 0 Å². The zero-order valence-electron chi connectivity index (χ0n) is 4.91. The minimum atomic E-state index is -1.82. The molecule has 0 saturated carbocycles. The van der Waals surface area contributed by atoms with Gasteiger partial charge in [-0.2, -0.15) is 0 Å². The quantitative estimate of drug-likeness (QED) is 0.402. The molecule has 0 saturated heterocycles. The fourth-order valence-corrected chi connectivity index (χ4v) is 0. The molecule has 0 atom stereocenters. The average Bonchev–Trinajstić information content (AvgIpc) is 1.35. The molecule has 5 heavy (non-hydrogen) atoms. The molecular formula is C2H10OSi2. The first-order valence-corrected chi connectivity index (χ1v) is 4.84. The predicted molar refractivity (Wildman–Crippen MR) is 29.9 cm³/mol. The molecule has 0 bridgehead atoms. The standard InChI is InChI=1S/C2H10OSi2/c1-5(2)3-4/h5H,1-2,4H3/i5T. The second kappa shape index (κ2) is 2.62. The molecule has 0 fully saturated rings. The molecule has 0 aromatic heterocycles. The third-order valence-electron chi connectivity index (χ3n) is 0.408. The van der Waals surface area contributed by atoms with Crippen LogP contribution in [0.2, 0.25) is 13.1 Å². The van der Waals surface area contributed by atoms with Gasteiger partial charge in [0.1, 0.15) is 10.5 Å². The van der Waals surface area contributed by atoms with E-state index in [1.807, 2.05) is 13.1 Å². The maximum atomic E-state index is 7.13. The lowest BCUT2D eigenvalue weighted by atomic mass is 11.9. The van der Waals surface area contributed by atoms with E-state index in [9.17, 15) is 0 Å².